The van der Waals surface area contributed by atoms with Crippen molar-refractivity contribution in [2.45, 2.75) is 31.5 Å². The van der Waals surface area contributed by atoms with Gasteiger partial charge in [-0.1, -0.05) is 25.1 Å². The van der Waals surface area contributed by atoms with E-state index in [-0.39, 0.29) is 18.1 Å². The number of aromatic nitrogens is 1. The van der Waals surface area contributed by atoms with Gasteiger partial charge in [0.25, 0.3) is 5.92 Å². The van der Waals surface area contributed by atoms with E-state index in [4.69, 9.17) is 9.57 Å². The van der Waals surface area contributed by atoms with Crippen LogP contribution in [0.1, 0.15) is 29.3 Å². The van der Waals surface area contributed by atoms with Gasteiger partial charge in [-0.15, -0.1) is 5.06 Å². The topological polar surface area (TPSA) is 51.7 Å². The maximum Gasteiger partial charge on any atom is 0.417 e. The van der Waals surface area contributed by atoms with E-state index >= 15 is 0 Å². The zero-order valence-corrected chi connectivity index (χ0v) is 15.9. The number of carbonyl (C=O) groups is 1. The van der Waals surface area contributed by atoms with Crippen molar-refractivity contribution in [2.24, 2.45) is 5.92 Å². The number of nitrogens with zero attached hydrogens (tertiary/aromatic N) is 2. The molecule has 0 aliphatic carbocycles. The average Bonchev–Trinajstić information content (AvgIpc) is 2.67. The van der Waals surface area contributed by atoms with Crippen LogP contribution in [0.15, 0.2) is 48.7 Å². The van der Waals surface area contributed by atoms with Gasteiger partial charge in [0.2, 0.25) is 5.88 Å². The van der Waals surface area contributed by atoms with Crippen molar-refractivity contribution in [1.29, 1.82) is 0 Å². The molecule has 0 amide bonds. The van der Waals surface area contributed by atoms with Crippen LogP contribution in [-0.2, 0) is 11.0 Å². The Morgan fingerprint density at radius 3 is 2.50 bits per heavy atom. The van der Waals surface area contributed by atoms with Gasteiger partial charge >= 0.3 is 12.1 Å². The smallest absolute Gasteiger partial charge is 0.417 e. The van der Waals surface area contributed by atoms with Crippen LogP contribution in [0.5, 0.6) is 5.88 Å². The third-order valence-corrected chi connectivity index (χ3v) is 4.71. The van der Waals surface area contributed by atoms with E-state index < -0.39 is 48.6 Å². The van der Waals surface area contributed by atoms with Crippen molar-refractivity contribution in [3.05, 3.63) is 59.8 Å². The molecule has 0 radical (unpaired) electrons. The fourth-order valence-corrected chi connectivity index (χ4v) is 3.19. The molecule has 1 fully saturated rings. The highest BCUT2D eigenvalue weighted by molar-refractivity contribution is 5.89. The fourth-order valence-electron chi connectivity index (χ4n) is 3.19. The summed E-state index contributed by atoms with van der Waals surface area (Å²) in [6.07, 6.45) is -4.35. The van der Waals surface area contributed by atoms with Gasteiger partial charge in [0.15, 0.2) is 0 Å². The van der Waals surface area contributed by atoms with Crippen molar-refractivity contribution in [3.63, 3.8) is 0 Å². The van der Waals surface area contributed by atoms with Gasteiger partial charge in [-0.25, -0.2) is 18.6 Å². The largest absolute Gasteiger partial charge is 0.476 e. The van der Waals surface area contributed by atoms with Crippen LogP contribution in [0, 0.1) is 5.92 Å². The van der Waals surface area contributed by atoms with Gasteiger partial charge in [-0.2, -0.15) is 13.2 Å². The second-order valence-electron chi connectivity index (χ2n) is 7.12. The number of carbonyl (C=O) groups excluding carboxylic acids is 1. The molecule has 2 atom stereocenters. The van der Waals surface area contributed by atoms with Gasteiger partial charge in [0, 0.05) is 18.7 Å². The van der Waals surface area contributed by atoms with Crippen LogP contribution >= 0.6 is 0 Å². The molecule has 2 unspecified atom stereocenters. The van der Waals surface area contributed by atoms with E-state index in [1.807, 2.05) is 0 Å². The van der Waals surface area contributed by atoms with E-state index in [1.165, 1.54) is 12.1 Å². The van der Waals surface area contributed by atoms with Crippen LogP contribution in [0.2, 0.25) is 0 Å². The van der Waals surface area contributed by atoms with Crippen LogP contribution in [0.25, 0.3) is 0 Å². The van der Waals surface area contributed by atoms with E-state index in [0.717, 1.165) is 17.2 Å². The standard InChI is InChI=1S/C20H19F5N2O3/c1-13-9-19(21,22)12-27(30-18(28)14-5-3-2-4-6-14)16(13)11-29-17-8-7-15(10-26-17)20(23,24)25/h2-8,10,13,16H,9,11-12H2,1H3. The number of hydrogen-bond donors (Lipinski definition) is 0. The number of piperidine rings is 1. The number of halogens is 5. The molecule has 162 valence electrons. The first-order valence-electron chi connectivity index (χ1n) is 9.13. The lowest BCUT2D eigenvalue weighted by molar-refractivity contribution is -0.228. The minimum Gasteiger partial charge on any atom is -0.476 e. The van der Waals surface area contributed by atoms with E-state index in [9.17, 15) is 26.7 Å². The summed E-state index contributed by atoms with van der Waals surface area (Å²) < 4.78 is 71.4. The Morgan fingerprint density at radius 1 is 1.20 bits per heavy atom. The number of hydroxylamine groups is 2. The zero-order chi connectivity index (χ0) is 21.9. The number of hydrogen-bond acceptors (Lipinski definition) is 5. The van der Waals surface area contributed by atoms with E-state index in [0.29, 0.717) is 6.20 Å². The Bertz CT molecular complexity index is 859. The minimum atomic E-state index is -4.53. The van der Waals surface area contributed by atoms with Gasteiger partial charge in [-0.3, -0.25) is 0 Å². The summed E-state index contributed by atoms with van der Waals surface area (Å²) >= 11 is 0. The average molecular weight is 430 g/mol. The molecule has 0 saturated carbocycles. The van der Waals surface area contributed by atoms with E-state index in [2.05, 4.69) is 4.98 Å². The molecule has 1 aromatic carbocycles. The van der Waals surface area contributed by atoms with Gasteiger partial charge in [-0.05, 0) is 24.1 Å². The second-order valence-corrected chi connectivity index (χ2v) is 7.12. The molecule has 1 aromatic heterocycles. The monoisotopic (exact) mass is 430 g/mol. The quantitative estimate of drug-likeness (QED) is 0.650. The highest BCUT2D eigenvalue weighted by Crippen LogP contribution is 2.35. The Morgan fingerprint density at radius 2 is 1.90 bits per heavy atom. The highest BCUT2D eigenvalue weighted by atomic mass is 19.4. The summed E-state index contributed by atoms with van der Waals surface area (Å²) in [5.41, 5.74) is -0.734. The molecule has 2 heterocycles. The predicted molar refractivity (Wildman–Crippen MR) is 95.8 cm³/mol. The van der Waals surface area contributed by atoms with Crippen molar-refractivity contribution in [2.75, 3.05) is 13.2 Å². The number of ether oxygens (including phenoxy) is 1. The van der Waals surface area contributed by atoms with Crippen LogP contribution in [-0.4, -0.2) is 41.1 Å². The summed E-state index contributed by atoms with van der Waals surface area (Å²) in [4.78, 5) is 21.1. The molecular weight excluding hydrogens is 411 g/mol. The van der Waals surface area contributed by atoms with Gasteiger partial charge in [0.1, 0.15) is 6.61 Å². The van der Waals surface area contributed by atoms with Crippen molar-refractivity contribution < 1.29 is 36.3 Å². The molecule has 0 spiro atoms. The SMILES string of the molecule is CC1CC(F)(F)CN(OC(=O)c2ccccc2)C1COc1ccc(C(F)(F)F)cn1. The van der Waals surface area contributed by atoms with Crippen molar-refractivity contribution in [3.8, 4) is 5.88 Å². The number of rotatable bonds is 5. The molecule has 0 N–H and O–H groups in total. The Hall–Kier alpha value is -2.75. The van der Waals surface area contributed by atoms with Crippen LogP contribution in [0.4, 0.5) is 22.0 Å². The summed E-state index contributed by atoms with van der Waals surface area (Å²) in [6.45, 7) is 0.548. The number of alkyl halides is 5. The Kier molecular flexibility index (Phi) is 6.25. The molecule has 1 aliphatic heterocycles. The zero-order valence-electron chi connectivity index (χ0n) is 15.9. The number of benzene rings is 1. The Balaban J connectivity index is 1.70. The molecule has 0 bridgehead atoms. The molecule has 5 nitrogen and oxygen atoms in total. The minimum absolute atomic E-state index is 0.0955. The lowest BCUT2D eigenvalue weighted by atomic mass is 9.90. The molecule has 1 aliphatic rings. The molecule has 1 saturated heterocycles. The first-order chi connectivity index (χ1) is 14.0. The van der Waals surface area contributed by atoms with E-state index in [1.54, 1.807) is 25.1 Å². The predicted octanol–water partition coefficient (Wildman–Crippen LogP) is 4.60. The third kappa shape index (κ3) is 5.44. The van der Waals surface area contributed by atoms with Gasteiger partial charge in [0.05, 0.1) is 23.7 Å². The lowest BCUT2D eigenvalue weighted by Crippen LogP contribution is -2.55. The van der Waals surface area contributed by atoms with Crippen molar-refractivity contribution >= 4 is 5.97 Å². The molecule has 3 rings (SSSR count). The lowest BCUT2D eigenvalue weighted by Gasteiger charge is -2.41. The summed E-state index contributed by atoms with van der Waals surface area (Å²) in [5.74, 6) is -4.58. The normalized spacial score (nSPS) is 21.8. The molecule has 2 aromatic rings. The summed E-state index contributed by atoms with van der Waals surface area (Å²) in [6, 6.07) is 9.03. The third-order valence-electron chi connectivity index (χ3n) is 4.71. The maximum atomic E-state index is 14.1. The Labute approximate surface area is 169 Å². The first-order valence-corrected chi connectivity index (χ1v) is 9.13. The van der Waals surface area contributed by atoms with Gasteiger partial charge < -0.3 is 9.57 Å². The molecule has 10 heteroatoms. The highest BCUT2D eigenvalue weighted by Gasteiger charge is 2.46. The molecule has 30 heavy (non-hydrogen) atoms. The summed E-state index contributed by atoms with van der Waals surface area (Å²) in [5, 5.41) is 0.883. The van der Waals surface area contributed by atoms with Crippen LogP contribution in [0.3, 0.4) is 0 Å². The number of pyridine rings is 1. The van der Waals surface area contributed by atoms with Crippen molar-refractivity contribution in [1.82, 2.24) is 10.0 Å². The molecular formula is C20H19F5N2O3. The fraction of sp³-hybridized carbons (Fsp3) is 0.400. The summed E-state index contributed by atoms with van der Waals surface area (Å²) in [7, 11) is 0. The van der Waals surface area contributed by atoms with Crippen LogP contribution < -0.4 is 4.74 Å². The maximum absolute atomic E-state index is 14.1. The first kappa shape index (κ1) is 21.9. The second kappa shape index (κ2) is 8.55.